The summed E-state index contributed by atoms with van der Waals surface area (Å²) >= 11 is 0. The number of carbonyl (C=O) groups is 1. The van der Waals surface area contributed by atoms with Crippen molar-refractivity contribution in [1.29, 1.82) is 0 Å². The Balaban J connectivity index is 2.37. The summed E-state index contributed by atoms with van der Waals surface area (Å²) in [4.78, 5) is 11.5. The van der Waals surface area contributed by atoms with Crippen molar-refractivity contribution in [3.63, 3.8) is 0 Å². The van der Waals surface area contributed by atoms with E-state index in [-0.39, 0.29) is 5.78 Å². The molecule has 0 atom stereocenters. The molecule has 0 aliphatic rings. The van der Waals surface area contributed by atoms with Crippen LogP contribution in [-0.4, -0.2) is 5.78 Å². The number of hydrogen-bond acceptors (Lipinski definition) is 3. The summed E-state index contributed by atoms with van der Waals surface area (Å²) in [6.45, 7) is 1.55. The molecule has 86 valence electrons. The monoisotopic (exact) mass is 226 g/mol. The molecule has 2 aromatic carbocycles. The molecule has 0 aliphatic carbocycles. The molecule has 0 spiro atoms. The molecule has 0 saturated heterocycles. The topological polar surface area (TPSA) is 55.1 Å². The molecule has 0 aliphatic heterocycles. The van der Waals surface area contributed by atoms with Crippen LogP contribution in [0.1, 0.15) is 17.3 Å². The van der Waals surface area contributed by atoms with Gasteiger partial charge in [-0.05, 0) is 31.2 Å². The van der Waals surface area contributed by atoms with Crippen LogP contribution in [0.2, 0.25) is 0 Å². The average molecular weight is 226 g/mol. The lowest BCUT2D eigenvalue weighted by Crippen LogP contribution is -2.01. The number of rotatable bonds is 3. The number of anilines is 3. The van der Waals surface area contributed by atoms with Gasteiger partial charge in [-0.25, -0.2) is 0 Å². The van der Waals surface area contributed by atoms with E-state index in [0.717, 1.165) is 11.4 Å². The Labute approximate surface area is 100 Å². The van der Waals surface area contributed by atoms with E-state index in [1.54, 1.807) is 13.0 Å². The van der Waals surface area contributed by atoms with E-state index in [4.69, 9.17) is 5.73 Å². The highest BCUT2D eigenvalue weighted by Crippen LogP contribution is 2.25. The fourth-order valence-corrected chi connectivity index (χ4v) is 1.66. The zero-order valence-corrected chi connectivity index (χ0v) is 9.60. The second-order valence-corrected chi connectivity index (χ2v) is 3.81. The number of carbonyl (C=O) groups excluding carboxylic acids is 1. The number of ketones is 1. The Bertz CT molecular complexity index is 549. The van der Waals surface area contributed by atoms with Crippen molar-refractivity contribution in [2.24, 2.45) is 0 Å². The fourth-order valence-electron chi connectivity index (χ4n) is 1.66. The number of nitrogens with two attached hydrogens (primary N) is 1. The number of nitrogen functional groups attached to an aromatic ring is 1. The number of Topliss-reactive ketones (excluding diaryl/α,β-unsaturated/α-hetero) is 1. The Kier molecular flexibility index (Phi) is 3.10. The van der Waals surface area contributed by atoms with Gasteiger partial charge in [-0.2, -0.15) is 0 Å². The first kappa shape index (κ1) is 11.2. The van der Waals surface area contributed by atoms with Crippen molar-refractivity contribution in [3.8, 4) is 0 Å². The van der Waals surface area contributed by atoms with Crippen molar-refractivity contribution in [1.82, 2.24) is 0 Å². The van der Waals surface area contributed by atoms with Crippen LogP contribution in [0.3, 0.4) is 0 Å². The van der Waals surface area contributed by atoms with Crippen molar-refractivity contribution in [2.75, 3.05) is 11.1 Å². The van der Waals surface area contributed by atoms with Crippen LogP contribution in [0.25, 0.3) is 0 Å². The van der Waals surface area contributed by atoms with Crippen LogP contribution < -0.4 is 11.1 Å². The molecule has 2 aromatic rings. The van der Waals surface area contributed by atoms with Gasteiger partial charge in [0.2, 0.25) is 0 Å². The van der Waals surface area contributed by atoms with Gasteiger partial charge in [0, 0.05) is 11.3 Å². The zero-order valence-electron chi connectivity index (χ0n) is 9.60. The highest BCUT2D eigenvalue weighted by atomic mass is 16.1. The highest BCUT2D eigenvalue weighted by Gasteiger charge is 2.07. The minimum absolute atomic E-state index is 0.0302. The standard InChI is InChI=1S/C14H14N2O/c1-10(17)11-6-2-4-8-13(11)16-14-9-5-3-7-12(14)15/h2-9,16H,15H2,1H3. The SMILES string of the molecule is CC(=O)c1ccccc1Nc1ccccc1N. The van der Waals surface area contributed by atoms with Crippen molar-refractivity contribution >= 4 is 22.8 Å². The lowest BCUT2D eigenvalue weighted by atomic mass is 10.1. The molecule has 17 heavy (non-hydrogen) atoms. The Morgan fingerprint density at radius 1 is 1.00 bits per heavy atom. The summed E-state index contributed by atoms with van der Waals surface area (Å²) in [5, 5.41) is 3.18. The summed E-state index contributed by atoms with van der Waals surface area (Å²) in [6.07, 6.45) is 0. The minimum Gasteiger partial charge on any atom is -0.397 e. The maximum Gasteiger partial charge on any atom is 0.161 e. The second kappa shape index (κ2) is 4.70. The first-order valence-corrected chi connectivity index (χ1v) is 5.40. The van der Waals surface area contributed by atoms with Crippen LogP contribution in [0.4, 0.5) is 17.1 Å². The van der Waals surface area contributed by atoms with Crippen molar-refractivity contribution in [3.05, 3.63) is 54.1 Å². The predicted molar refractivity (Wildman–Crippen MR) is 70.6 cm³/mol. The molecule has 0 saturated carbocycles. The van der Waals surface area contributed by atoms with Crippen LogP contribution >= 0.6 is 0 Å². The lowest BCUT2D eigenvalue weighted by Gasteiger charge is -2.11. The molecule has 3 heteroatoms. The van der Waals surface area contributed by atoms with Gasteiger partial charge >= 0.3 is 0 Å². The third kappa shape index (κ3) is 2.45. The number of nitrogens with one attached hydrogen (secondary N) is 1. The number of hydrogen-bond donors (Lipinski definition) is 2. The molecule has 3 nitrogen and oxygen atoms in total. The van der Waals surface area contributed by atoms with E-state index < -0.39 is 0 Å². The Morgan fingerprint density at radius 3 is 2.24 bits per heavy atom. The van der Waals surface area contributed by atoms with Crippen LogP contribution in [0.15, 0.2) is 48.5 Å². The van der Waals surface area contributed by atoms with Crippen molar-refractivity contribution in [2.45, 2.75) is 6.92 Å². The normalized spacial score (nSPS) is 9.94. The molecule has 3 N–H and O–H groups in total. The van der Waals surface area contributed by atoms with Gasteiger partial charge in [0.15, 0.2) is 5.78 Å². The minimum atomic E-state index is 0.0302. The summed E-state index contributed by atoms with van der Waals surface area (Å²) in [5.41, 5.74) is 8.75. The summed E-state index contributed by atoms with van der Waals surface area (Å²) in [5.74, 6) is 0.0302. The van der Waals surface area contributed by atoms with Gasteiger partial charge in [0.05, 0.1) is 11.4 Å². The fraction of sp³-hybridized carbons (Fsp3) is 0.0714. The molecule has 0 amide bonds. The molecule has 0 unspecified atom stereocenters. The summed E-state index contributed by atoms with van der Waals surface area (Å²) < 4.78 is 0. The molecule has 0 heterocycles. The van der Waals surface area contributed by atoms with Gasteiger partial charge in [-0.3, -0.25) is 4.79 Å². The number of benzene rings is 2. The highest BCUT2D eigenvalue weighted by molar-refractivity contribution is 6.00. The Hall–Kier alpha value is -2.29. The lowest BCUT2D eigenvalue weighted by molar-refractivity contribution is 0.101. The van der Waals surface area contributed by atoms with Gasteiger partial charge in [-0.1, -0.05) is 24.3 Å². The number of para-hydroxylation sites is 3. The van der Waals surface area contributed by atoms with Gasteiger partial charge in [0.1, 0.15) is 0 Å². The quantitative estimate of drug-likeness (QED) is 0.624. The maximum absolute atomic E-state index is 11.5. The maximum atomic E-state index is 11.5. The molecule has 0 bridgehead atoms. The van der Waals surface area contributed by atoms with Crippen LogP contribution in [-0.2, 0) is 0 Å². The van der Waals surface area contributed by atoms with E-state index >= 15 is 0 Å². The average Bonchev–Trinajstić information content (AvgIpc) is 2.32. The third-order valence-electron chi connectivity index (χ3n) is 2.54. The van der Waals surface area contributed by atoms with E-state index in [1.165, 1.54) is 0 Å². The van der Waals surface area contributed by atoms with E-state index in [1.807, 2.05) is 42.5 Å². The summed E-state index contributed by atoms with van der Waals surface area (Å²) in [6, 6.07) is 14.9. The predicted octanol–water partition coefficient (Wildman–Crippen LogP) is 3.21. The smallest absolute Gasteiger partial charge is 0.161 e. The van der Waals surface area contributed by atoms with Gasteiger partial charge < -0.3 is 11.1 Å². The molecule has 0 radical (unpaired) electrons. The van der Waals surface area contributed by atoms with Crippen molar-refractivity contribution < 1.29 is 4.79 Å². The van der Waals surface area contributed by atoms with E-state index in [2.05, 4.69) is 5.32 Å². The molecule has 0 aromatic heterocycles. The molecular formula is C14H14N2O. The second-order valence-electron chi connectivity index (χ2n) is 3.81. The van der Waals surface area contributed by atoms with Gasteiger partial charge in [0.25, 0.3) is 0 Å². The first-order valence-electron chi connectivity index (χ1n) is 5.40. The van der Waals surface area contributed by atoms with Crippen LogP contribution in [0.5, 0.6) is 0 Å². The largest absolute Gasteiger partial charge is 0.397 e. The Morgan fingerprint density at radius 2 is 1.59 bits per heavy atom. The van der Waals surface area contributed by atoms with E-state index in [0.29, 0.717) is 11.3 Å². The molecule has 0 fully saturated rings. The first-order chi connectivity index (χ1) is 8.18. The summed E-state index contributed by atoms with van der Waals surface area (Å²) in [7, 11) is 0. The van der Waals surface area contributed by atoms with Gasteiger partial charge in [-0.15, -0.1) is 0 Å². The zero-order chi connectivity index (χ0) is 12.3. The third-order valence-corrected chi connectivity index (χ3v) is 2.54. The molecule has 2 rings (SSSR count). The molecular weight excluding hydrogens is 212 g/mol. The van der Waals surface area contributed by atoms with Crippen LogP contribution in [0, 0.1) is 0 Å². The van der Waals surface area contributed by atoms with E-state index in [9.17, 15) is 4.79 Å².